The molecule has 0 bridgehead atoms. The number of rotatable bonds is 5. The fourth-order valence-corrected chi connectivity index (χ4v) is 18.9. The van der Waals surface area contributed by atoms with Gasteiger partial charge in [-0.05, 0) is 236 Å². The van der Waals surface area contributed by atoms with E-state index in [1.165, 1.54) is 14.7 Å². The molecule has 4 heterocycles. The number of aryl methyl sites for hydroxylation is 12. The fraction of sp³-hybridized carbons (Fsp3) is 0.161. The predicted octanol–water partition coefficient (Wildman–Crippen LogP) is 17.8. The summed E-state index contributed by atoms with van der Waals surface area (Å²) in [6.45, 7) is 28.3. The molecule has 1 unspecified atom stereocenters. The lowest BCUT2D eigenvalue weighted by Crippen LogP contribution is -2.41. The van der Waals surface area contributed by atoms with E-state index in [1.807, 2.05) is 204 Å². The summed E-state index contributed by atoms with van der Waals surface area (Å²) in [5.41, 5.74) is 20.7. The van der Waals surface area contributed by atoms with E-state index in [-0.39, 0.29) is 5.56 Å². The molecule has 0 radical (unpaired) electrons. The highest BCUT2D eigenvalue weighted by atomic mass is 16.2. The number of pyridine rings is 1. The number of aromatic nitrogens is 1. The molecular weight excluding hydrogens is 1210 g/mol. The number of fused-ring (bicyclic) bond motifs is 2. The molecule has 0 fully saturated rings. The van der Waals surface area contributed by atoms with Crippen LogP contribution in [0.5, 0.6) is 0 Å². The van der Waals surface area contributed by atoms with Gasteiger partial charge in [-0.3, -0.25) is 38.1 Å². The van der Waals surface area contributed by atoms with Crippen LogP contribution in [0.15, 0.2) is 150 Å². The minimum atomic E-state index is -0.813. The van der Waals surface area contributed by atoms with E-state index in [0.717, 1.165) is 117 Å². The second-order valence-corrected chi connectivity index (χ2v) is 28.3. The van der Waals surface area contributed by atoms with E-state index < -0.39 is 47.3 Å². The summed E-state index contributed by atoms with van der Waals surface area (Å²) in [6.07, 6.45) is 0. The van der Waals surface area contributed by atoms with Crippen molar-refractivity contribution in [3.8, 4) is 27.9 Å². The third-order valence-corrected chi connectivity index (χ3v) is 22.1. The highest BCUT2D eigenvalue weighted by Gasteiger charge is 2.46. The zero-order valence-corrected chi connectivity index (χ0v) is 56.4. The number of hydrogen-bond donors (Lipinski definition) is 0. The quantitative estimate of drug-likeness (QED) is 0.157. The summed E-state index contributed by atoms with van der Waals surface area (Å²) in [5.74, 6) is -4.42. The van der Waals surface area contributed by atoms with Crippen LogP contribution >= 0.6 is 0 Å². The predicted molar refractivity (Wildman–Crippen MR) is 391 cm³/mol. The lowest BCUT2D eigenvalue weighted by molar-refractivity contribution is 0.0877. The molecule has 0 saturated heterocycles. The molecule has 5 aliphatic rings. The van der Waals surface area contributed by atoms with Gasteiger partial charge in [0.05, 0.1) is 22.7 Å². The number of imide groups is 3. The lowest BCUT2D eigenvalue weighted by atomic mass is 9.69. The van der Waals surface area contributed by atoms with Gasteiger partial charge in [-0.25, -0.2) is 14.7 Å². The third-order valence-electron chi connectivity index (χ3n) is 22.1. The molecule has 11 nitrogen and oxygen atoms in total. The van der Waals surface area contributed by atoms with Crippen LogP contribution in [0.3, 0.4) is 0 Å². The average Bonchev–Trinajstić information content (AvgIpc) is 1.47. The van der Waals surface area contributed by atoms with Gasteiger partial charge in [0.1, 0.15) is 0 Å². The Morgan fingerprint density at radius 1 is 0.255 bits per heavy atom. The molecule has 6 amide bonds. The molecule has 13 aromatic rings. The van der Waals surface area contributed by atoms with E-state index in [4.69, 9.17) is 6.58 Å². The van der Waals surface area contributed by atoms with Crippen LogP contribution in [0.2, 0.25) is 0 Å². The number of carbonyl (C=O) groups excluding carboxylic acids is 6. The first-order valence-corrected chi connectivity index (χ1v) is 33.4. The van der Waals surface area contributed by atoms with E-state index in [1.54, 1.807) is 4.57 Å². The van der Waals surface area contributed by atoms with Gasteiger partial charge in [-0.1, -0.05) is 132 Å². The number of benzene rings is 12. The van der Waals surface area contributed by atoms with E-state index in [2.05, 4.69) is 24.3 Å². The van der Waals surface area contributed by atoms with E-state index in [9.17, 15) is 0 Å². The summed E-state index contributed by atoms with van der Waals surface area (Å²) in [5, 5.41) is 6.61. The molecule has 1 atom stereocenters. The van der Waals surface area contributed by atoms with Crippen LogP contribution in [-0.4, -0.2) is 40.0 Å². The van der Waals surface area contributed by atoms with Crippen LogP contribution in [0.1, 0.15) is 163 Å². The van der Waals surface area contributed by atoms with E-state index >= 15 is 33.6 Å². The van der Waals surface area contributed by atoms with Crippen LogP contribution in [0.4, 0.5) is 17.1 Å². The first-order chi connectivity index (χ1) is 46.9. The minimum absolute atomic E-state index is 0.246. The molecule has 3 aliphatic heterocycles. The number of nitrogens with zero attached hydrogens (tertiary/aromatic N) is 4. The van der Waals surface area contributed by atoms with Crippen LogP contribution in [0.25, 0.3) is 88.4 Å². The van der Waals surface area contributed by atoms with Crippen molar-refractivity contribution in [2.75, 3.05) is 14.7 Å². The Morgan fingerprint density at radius 2 is 0.480 bits per heavy atom. The van der Waals surface area contributed by atoms with Crippen molar-refractivity contribution in [2.45, 2.75) is 94.9 Å². The van der Waals surface area contributed by atoms with Gasteiger partial charge < -0.3 is 0 Å². The standard InChI is InChI=1S/C87H64N4O7/c1-38-30-42(5)77(43(6)31-38)88-50(13)51-14-19-56-68-52(15-23-60(67(51)68)81(88)92)53-16-24-61-74-64(85(96)89(82(61)93)78-44(7)32-39(2)33-45(78)8)27-20-57(69(53)74)72(56)73-58-21-28-65-75-62(83(94)90(86(65)97)79-46(9)34-40(3)35-47(79)10)25-17-54(70(58)75)55-18-26-63-76-66(29-22-59(73)71(55)76)87(98)91(84(63)95)80-48(11)36-41(4)37-49(80)12/h14-37,72-73H,13H2,1-12H3. The smallest absolute Gasteiger partial charge is 0.266 e. The van der Waals surface area contributed by atoms with Gasteiger partial charge in [0, 0.05) is 82.9 Å². The van der Waals surface area contributed by atoms with Crippen molar-refractivity contribution in [3.05, 3.63) is 284 Å². The highest BCUT2D eigenvalue weighted by Crippen LogP contribution is 2.60. The Hall–Kier alpha value is -11.7. The second kappa shape index (κ2) is 20.0. The van der Waals surface area contributed by atoms with Crippen molar-refractivity contribution < 1.29 is 28.8 Å². The maximum absolute atomic E-state index is 15.9. The fourth-order valence-electron chi connectivity index (χ4n) is 18.9. The average molecular weight is 1280 g/mol. The summed E-state index contributed by atoms with van der Waals surface area (Å²) in [6, 6.07) is 47.2. The number of anilines is 3. The normalized spacial score (nSPS) is 15.3. The van der Waals surface area contributed by atoms with Gasteiger partial charge in [-0.15, -0.1) is 0 Å². The van der Waals surface area contributed by atoms with Crippen molar-refractivity contribution in [1.29, 1.82) is 0 Å². The van der Waals surface area contributed by atoms with Gasteiger partial charge in [0.25, 0.3) is 41.0 Å². The molecule has 98 heavy (non-hydrogen) atoms. The Morgan fingerprint density at radius 3 is 0.776 bits per heavy atom. The summed E-state index contributed by atoms with van der Waals surface area (Å²) < 4.78 is 1.74. The first-order valence-electron chi connectivity index (χ1n) is 33.4. The van der Waals surface area contributed by atoms with Crippen LogP contribution in [-0.2, 0) is 0 Å². The largest absolute Gasteiger partial charge is 0.276 e. The zero-order chi connectivity index (χ0) is 68.1. The number of hydrogen-bond acceptors (Lipinski definition) is 7. The minimum Gasteiger partial charge on any atom is -0.276 e. The highest BCUT2D eigenvalue weighted by molar-refractivity contribution is 6.41. The number of carbonyl (C=O) groups is 6. The van der Waals surface area contributed by atoms with Gasteiger partial charge in [0.2, 0.25) is 0 Å². The first kappa shape index (κ1) is 58.9. The molecule has 0 spiro atoms. The Bertz CT molecular complexity index is 5920. The monoisotopic (exact) mass is 1280 g/mol. The van der Waals surface area contributed by atoms with Crippen molar-refractivity contribution in [2.24, 2.45) is 0 Å². The topological polar surface area (TPSA) is 134 Å². The maximum atomic E-state index is 15.9. The molecule has 18 rings (SSSR count). The van der Waals surface area contributed by atoms with Gasteiger partial charge in [0.15, 0.2) is 0 Å². The van der Waals surface area contributed by atoms with Crippen molar-refractivity contribution in [3.63, 3.8) is 0 Å². The Balaban J connectivity index is 0.989. The third kappa shape index (κ3) is 7.45. The summed E-state index contributed by atoms with van der Waals surface area (Å²) in [4.78, 5) is 114. The second-order valence-electron chi connectivity index (χ2n) is 28.3. The van der Waals surface area contributed by atoms with Crippen LogP contribution < -0.4 is 25.6 Å². The Labute approximate surface area is 564 Å². The zero-order valence-electron chi connectivity index (χ0n) is 56.4. The SMILES string of the molecule is C=c1c2ccc3c4c(ccc(c(=O)n1-c1c(C)cc(C)cc1C)c42)-c1ccc2c4c(ccc(c14)C3C1c3ccc4c5c(ccc(c35)-c3ccc5c6c(ccc1c36)C(=O)N(c1c(C)cc(C)cc1C)C5=O)C(=O)N(c1c(C)cc(C)cc1C)C4=O)C(=O)N(c1c(C)cc(C)cc1C)C2=O. The van der Waals surface area contributed by atoms with Gasteiger partial charge >= 0.3 is 0 Å². The van der Waals surface area contributed by atoms with Crippen molar-refractivity contribution >= 4 is 113 Å². The molecular formula is C87H64N4O7. The van der Waals surface area contributed by atoms with Gasteiger partial charge in [-0.2, -0.15) is 0 Å². The molecule has 1 aromatic heterocycles. The van der Waals surface area contributed by atoms with Crippen LogP contribution in [0, 0.1) is 83.1 Å². The Kier molecular flexibility index (Phi) is 12.0. The maximum Gasteiger partial charge on any atom is 0.266 e. The molecule has 11 heteroatoms. The lowest BCUT2D eigenvalue weighted by Gasteiger charge is -2.35. The summed E-state index contributed by atoms with van der Waals surface area (Å²) in [7, 11) is 0. The summed E-state index contributed by atoms with van der Waals surface area (Å²) >= 11 is 0. The molecule has 2 aliphatic carbocycles. The molecule has 474 valence electrons. The van der Waals surface area contributed by atoms with E-state index in [0.29, 0.717) is 110 Å². The molecule has 0 N–H and O–H groups in total. The van der Waals surface area contributed by atoms with Crippen molar-refractivity contribution in [1.82, 2.24) is 4.57 Å². The molecule has 0 saturated carbocycles. The molecule has 12 aromatic carbocycles. The number of amides is 6.